The predicted molar refractivity (Wildman–Crippen MR) is 343 cm³/mol. The van der Waals surface area contributed by atoms with Gasteiger partial charge in [0.1, 0.15) is 0 Å². The van der Waals surface area contributed by atoms with Crippen molar-refractivity contribution in [2.24, 2.45) is 0 Å². The van der Waals surface area contributed by atoms with Crippen LogP contribution < -0.4 is 11.1 Å². The molecule has 0 aliphatic carbocycles. The Kier molecular flexibility index (Phi) is 10.8. The molecule has 16 aromatic rings. The Labute approximate surface area is 472 Å². The summed E-state index contributed by atoms with van der Waals surface area (Å²) in [6.45, 7) is 0. The van der Waals surface area contributed by atoms with Crippen LogP contribution in [0, 0.1) is 0 Å². The maximum Gasteiger partial charge on any atom is 0.282 e. The van der Waals surface area contributed by atoms with Crippen molar-refractivity contribution in [1.29, 1.82) is 0 Å². The first kappa shape index (κ1) is 47.1. The molecular weight excluding hydrogens is 997 g/mol. The van der Waals surface area contributed by atoms with E-state index in [1.165, 1.54) is 4.52 Å². The number of nitrogens with zero attached hydrogens (tertiary/aromatic N) is 2. The van der Waals surface area contributed by atoms with Crippen molar-refractivity contribution in [2.45, 2.75) is 0 Å². The molecule has 382 valence electrons. The van der Waals surface area contributed by atoms with Crippen LogP contribution in [-0.4, -0.2) is 9.03 Å². The topological polar surface area (TPSA) is 43.0 Å². The molecule has 0 saturated carbocycles. The van der Waals surface area contributed by atoms with Gasteiger partial charge in [-0.1, -0.05) is 267 Å². The number of fused-ring (bicyclic) bond motifs is 9. The highest BCUT2D eigenvalue weighted by Crippen LogP contribution is 2.49. The molecule has 16 rings (SSSR count). The Balaban J connectivity index is 1.14. The van der Waals surface area contributed by atoms with E-state index in [-0.39, 0.29) is 11.1 Å². The van der Waals surface area contributed by atoms with Gasteiger partial charge in [0, 0.05) is 11.1 Å². The van der Waals surface area contributed by atoms with E-state index in [1.54, 1.807) is 0 Å². The van der Waals surface area contributed by atoms with Gasteiger partial charge < -0.3 is 0 Å². The molecule has 0 aliphatic heterocycles. The van der Waals surface area contributed by atoms with Gasteiger partial charge in [0.2, 0.25) is 0 Å². The number of hydrogen-bond donors (Lipinski definition) is 0. The van der Waals surface area contributed by atoms with Gasteiger partial charge in [-0.25, -0.2) is 4.52 Å². The summed E-state index contributed by atoms with van der Waals surface area (Å²) in [4.78, 5) is 32.7. The molecule has 0 atom stereocenters. The van der Waals surface area contributed by atoms with Gasteiger partial charge >= 0.3 is 0 Å². The van der Waals surface area contributed by atoms with Crippen LogP contribution in [0.4, 0.5) is 0 Å². The fraction of sp³-hybridized carbons (Fsp3) is 0. The predicted octanol–water partition coefficient (Wildman–Crippen LogP) is 19.5. The molecule has 0 bridgehead atoms. The third kappa shape index (κ3) is 7.32. The molecule has 0 unspecified atom stereocenters. The van der Waals surface area contributed by atoms with Crippen LogP contribution in [0.15, 0.2) is 301 Å². The lowest BCUT2D eigenvalue weighted by molar-refractivity contribution is 0.842. The van der Waals surface area contributed by atoms with Gasteiger partial charge in [-0.05, 0) is 145 Å². The van der Waals surface area contributed by atoms with Crippen molar-refractivity contribution >= 4 is 64.9 Å². The van der Waals surface area contributed by atoms with Gasteiger partial charge in [0.25, 0.3) is 11.1 Å². The summed E-state index contributed by atoms with van der Waals surface area (Å²) in [5.74, 6) is 0. The molecule has 0 amide bonds. The molecule has 0 spiro atoms. The van der Waals surface area contributed by atoms with Crippen LogP contribution >= 0.6 is 0 Å². The molecule has 0 fully saturated rings. The van der Waals surface area contributed by atoms with Gasteiger partial charge in [-0.2, -0.15) is 4.52 Å². The lowest BCUT2D eigenvalue weighted by Crippen LogP contribution is -2.21. The summed E-state index contributed by atoms with van der Waals surface area (Å²) >= 11 is 0. The third-order valence-corrected chi connectivity index (χ3v) is 16.9. The first-order valence-corrected chi connectivity index (χ1v) is 27.9. The van der Waals surface area contributed by atoms with E-state index in [1.807, 2.05) is 28.8 Å². The molecule has 4 nitrogen and oxygen atoms in total. The van der Waals surface area contributed by atoms with Crippen LogP contribution in [0.5, 0.6) is 0 Å². The SMILES string of the molecule is O=c1c2cc(-c3c(-c4ccccc4)ccc4ccccc34)cc(-c3c(-c4ccccc4)ccc4ccccc34)c2n2c3c(-c4c(-c5ccccc5)ccc5ccccc45)cc(-c4c(-c5ccccc5)ccc5ccccc45)cc3c(=O)n12. The zero-order chi connectivity index (χ0) is 54.4. The van der Waals surface area contributed by atoms with E-state index >= 15 is 9.59 Å². The van der Waals surface area contributed by atoms with E-state index in [9.17, 15) is 0 Å². The molecule has 82 heavy (non-hydrogen) atoms. The van der Waals surface area contributed by atoms with E-state index in [0.717, 1.165) is 132 Å². The van der Waals surface area contributed by atoms with Crippen molar-refractivity contribution in [2.75, 3.05) is 0 Å². The first-order chi connectivity index (χ1) is 40.6. The zero-order valence-corrected chi connectivity index (χ0v) is 44.4. The van der Waals surface area contributed by atoms with E-state index in [2.05, 4.69) is 267 Å². The number of hydrogen-bond acceptors (Lipinski definition) is 2. The minimum Gasteiger partial charge on any atom is -0.267 e. The summed E-state index contributed by atoms with van der Waals surface area (Å²) in [5.41, 5.74) is 16.2. The second kappa shape index (κ2) is 18.9. The maximum absolute atomic E-state index is 16.3. The van der Waals surface area contributed by atoms with Gasteiger partial charge in [-0.3, -0.25) is 9.59 Å². The Morgan fingerprint density at radius 1 is 0.195 bits per heavy atom. The molecule has 14 aromatic carbocycles. The van der Waals surface area contributed by atoms with Gasteiger partial charge in [0.15, 0.2) is 0 Å². The monoisotopic (exact) mass is 1040 g/mol. The Bertz CT molecular complexity index is 5020. The fourth-order valence-electron chi connectivity index (χ4n) is 13.3. The summed E-state index contributed by atoms with van der Waals surface area (Å²) in [5, 5.41) is 9.36. The highest BCUT2D eigenvalue weighted by Gasteiger charge is 2.29. The average molecular weight is 1050 g/mol. The number of aromatic nitrogens is 2. The highest BCUT2D eigenvalue weighted by atomic mass is 16.2. The van der Waals surface area contributed by atoms with Crippen LogP contribution in [0.2, 0.25) is 0 Å². The van der Waals surface area contributed by atoms with Gasteiger partial charge in [-0.15, -0.1) is 0 Å². The average Bonchev–Trinajstić information content (AvgIpc) is 2.74. The number of benzene rings is 14. The van der Waals surface area contributed by atoms with Crippen LogP contribution in [-0.2, 0) is 0 Å². The van der Waals surface area contributed by atoms with Crippen molar-refractivity contribution in [3.63, 3.8) is 0 Å². The Hall–Kier alpha value is -10.9. The molecule has 0 N–H and O–H groups in total. The third-order valence-electron chi connectivity index (χ3n) is 16.9. The smallest absolute Gasteiger partial charge is 0.267 e. The summed E-state index contributed by atoms with van der Waals surface area (Å²) in [7, 11) is 0. The number of rotatable bonds is 8. The standard InChI is InChI=1S/C78H48N2O2/c81-77-69-47-57(71-59-33-17-13-29-53(59)37-41-63(71)49-21-5-1-6-22-49)45-67(73-61-35-19-15-31-55(61)39-43-65(73)51-25-9-3-10-26-51)75(69)79-76-68(74-62-36-20-16-32-56(62)40-44-66(74)52-27-11-4-12-28-52)46-58(48-70(76)78(82)80(77)79)72-60-34-18-14-30-54(60)38-42-64(72)50-23-7-2-8-24-50/h1-48H. The molecule has 4 heteroatoms. The van der Waals surface area contributed by atoms with Gasteiger partial charge in [0.05, 0.1) is 21.8 Å². The summed E-state index contributed by atoms with van der Waals surface area (Å²) in [6, 6.07) is 102. The molecular formula is C78H48N2O2. The fourth-order valence-corrected chi connectivity index (χ4v) is 13.3. The van der Waals surface area contributed by atoms with Crippen LogP contribution in [0.1, 0.15) is 0 Å². The van der Waals surface area contributed by atoms with Crippen molar-refractivity contribution in [3.8, 4) is 89.0 Å². The summed E-state index contributed by atoms with van der Waals surface area (Å²) < 4.78 is 3.42. The molecule has 2 heterocycles. The Morgan fingerprint density at radius 2 is 0.463 bits per heavy atom. The highest BCUT2D eigenvalue weighted by molar-refractivity contribution is 6.17. The van der Waals surface area contributed by atoms with Crippen LogP contribution in [0.25, 0.3) is 154 Å². The lowest BCUT2D eigenvalue weighted by atomic mass is 9.84. The quantitative estimate of drug-likeness (QED) is 0.152. The maximum atomic E-state index is 16.3. The second-order valence-electron chi connectivity index (χ2n) is 21.4. The van der Waals surface area contributed by atoms with Crippen molar-refractivity contribution in [1.82, 2.24) is 9.03 Å². The lowest BCUT2D eigenvalue weighted by Gasteiger charge is -2.20. The van der Waals surface area contributed by atoms with E-state index in [0.29, 0.717) is 21.8 Å². The summed E-state index contributed by atoms with van der Waals surface area (Å²) in [6.07, 6.45) is 0. The largest absolute Gasteiger partial charge is 0.282 e. The minimum absolute atomic E-state index is 0.383. The molecule has 0 saturated heterocycles. The van der Waals surface area contributed by atoms with Crippen molar-refractivity contribution < 1.29 is 0 Å². The molecule has 0 aliphatic rings. The minimum atomic E-state index is -0.383. The first-order valence-electron chi connectivity index (χ1n) is 27.9. The zero-order valence-electron chi connectivity index (χ0n) is 44.4. The van der Waals surface area contributed by atoms with Crippen molar-refractivity contribution in [3.05, 3.63) is 312 Å². The Morgan fingerprint density at radius 3 is 0.780 bits per heavy atom. The second-order valence-corrected chi connectivity index (χ2v) is 21.4. The van der Waals surface area contributed by atoms with Crippen LogP contribution in [0.3, 0.4) is 0 Å². The van der Waals surface area contributed by atoms with E-state index in [4.69, 9.17) is 0 Å². The molecule has 2 aromatic heterocycles. The normalized spacial score (nSPS) is 11.8. The van der Waals surface area contributed by atoms with E-state index < -0.39 is 0 Å². The molecule has 0 radical (unpaired) electrons.